The van der Waals surface area contributed by atoms with Crippen molar-refractivity contribution in [2.75, 3.05) is 32.8 Å². The zero-order chi connectivity index (χ0) is 22.2. The van der Waals surface area contributed by atoms with E-state index in [4.69, 9.17) is 20.9 Å². The van der Waals surface area contributed by atoms with Crippen molar-refractivity contribution in [3.63, 3.8) is 0 Å². The number of rotatable bonds is 3. The molecule has 0 radical (unpaired) electrons. The number of amides is 2. The highest BCUT2D eigenvalue weighted by atomic mass is 35.5. The molecule has 3 aromatic rings. The van der Waals surface area contributed by atoms with Crippen molar-refractivity contribution in [1.82, 2.24) is 19.9 Å². The van der Waals surface area contributed by atoms with Crippen LogP contribution in [0, 0.1) is 12.8 Å². The number of fused-ring (bicyclic) bond motifs is 3. The van der Waals surface area contributed by atoms with E-state index in [9.17, 15) is 9.59 Å². The smallest absolute Gasteiger partial charge is 0.317 e. The number of aryl methyl sites for hydroxylation is 1. The number of ether oxygens (including phenoxy) is 1. The Kier molecular flexibility index (Phi) is 5.82. The predicted molar refractivity (Wildman–Crippen MR) is 122 cm³/mol. The summed E-state index contributed by atoms with van der Waals surface area (Å²) in [6, 6.07) is 5.60. The predicted octanol–water partition coefficient (Wildman–Crippen LogP) is 3.88. The van der Waals surface area contributed by atoms with Gasteiger partial charge in [-0.2, -0.15) is 0 Å². The van der Waals surface area contributed by atoms with Gasteiger partial charge in [0.25, 0.3) is 5.56 Å². The van der Waals surface area contributed by atoms with E-state index in [0.717, 1.165) is 36.6 Å². The lowest BCUT2D eigenvalue weighted by Crippen LogP contribution is -2.47. The fourth-order valence-corrected chi connectivity index (χ4v) is 5.39. The van der Waals surface area contributed by atoms with Gasteiger partial charge in [0.2, 0.25) is 0 Å². The lowest BCUT2D eigenvalue weighted by molar-refractivity contribution is 0.0528. The maximum absolute atomic E-state index is 13.5. The van der Waals surface area contributed by atoms with Crippen LogP contribution < -0.4 is 10.9 Å². The van der Waals surface area contributed by atoms with Gasteiger partial charge in [-0.25, -0.2) is 4.79 Å². The number of carbonyl (C=O) groups is 1. The number of morpholine rings is 1. The van der Waals surface area contributed by atoms with E-state index in [2.05, 4.69) is 10.5 Å². The van der Waals surface area contributed by atoms with Crippen molar-refractivity contribution in [2.45, 2.75) is 38.6 Å². The third-order valence-electron chi connectivity index (χ3n) is 6.74. The first-order chi connectivity index (χ1) is 15.5. The lowest BCUT2D eigenvalue weighted by atomic mass is 9.85. The number of pyridine rings is 1. The topological polar surface area (TPSA) is 89.6 Å². The highest BCUT2D eigenvalue weighted by Crippen LogP contribution is 2.36. The molecule has 1 saturated carbocycles. The summed E-state index contributed by atoms with van der Waals surface area (Å²) in [6.45, 7) is 4.78. The molecule has 2 aliphatic rings. The summed E-state index contributed by atoms with van der Waals surface area (Å²) >= 11 is 6.54. The van der Waals surface area contributed by atoms with Gasteiger partial charge in [0, 0.05) is 31.1 Å². The van der Waals surface area contributed by atoms with Crippen molar-refractivity contribution in [3.8, 4) is 0 Å². The zero-order valence-corrected chi connectivity index (χ0v) is 18.9. The molecule has 1 aliphatic heterocycles. The minimum absolute atomic E-state index is 0.0289. The standard InChI is InChI=1S/C23H27ClN4O4/c1-14-19-21(26-32-14)20-17(24)6-3-7-18(20)28(22(19)29)16-5-2-4-15(12-16)13-25-23(30)27-8-10-31-11-9-27/h3,6-7,15-16H,2,4-5,8-13H2,1H3,(H,25,30)/t15-,16+/m1/s1. The number of carbonyl (C=O) groups excluding carboxylic acids is 1. The molecule has 8 nitrogen and oxygen atoms in total. The second-order valence-electron chi connectivity index (χ2n) is 8.74. The van der Waals surface area contributed by atoms with Crippen LogP contribution in [-0.2, 0) is 4.74 Å². The Hall–Kier alpha value is -2.58. The molecule has 1 saturated heterocycles. The molecule has 2 atom stereocenters. The van der Waals surface area contributed by atoms with Crippen LogP contribution in [0.2, 0.25) is 5.02 Å². The Balaban J connectivity index is 1.43. The SMILES string of the molecule is Cc1onc2c1c(=O)n([C@H]1CCC[C@@H](CNC(=O)N3CCOCC3)C1)c1cccc(Cl)c21. The van der Waals surface area contributed by atoms with Crippen LogP contribution in [0.1, 0.15) is 37.5 Å². The van der Waals surface area contributed by atoms with Gasteiger partial charge < -0.3 is 24.0 Å². The fraction of sp³-hybridized carbons (Fsp3) is 0.522. The Morgan fingerprint density at radius 3 is 2.88 bits per heavy atom. The van der Waals surface area contributed by atoms with Gasteiger partial charge in [0.05, 0.1) is 23.8 Å². The number of urea groups is 1. The minimum atomic E-state index is -0.0866. The van der Waals surface area contributed by atoms with E-state index in [0.29, 0.717) is 60.5 Å². The van der Waals surface area contributed by atoms with Crippen molar-refractivity contribution in [2.24, 2.45) is 5.92 Å². The van der Waals surface area contributed by atoms with Crippen LogP contribution >= 0.6 is 11.6 Å². The van der Waals surface area contributed by atoms with Gasteiger partial charge in [-0.1, -0.05) is 29.2 Å². The largest absolute Gasteiger partial charge is 0.378 e. The molecule has 5 rings (SSSR count). The fourth-order valence-electron chi connectivity index (χ4n) is 5.13. The Morgan fingerprint density at radius 1 is 1.25 bits per heavy atom. The molecule has 2 amide bonds. The molecule has 0 unspecified atom stereocenters. The number of nitrogens with zero attached hydrogens (tertiary/aromatic N) is 3. The first-order valence-corrected chi connectivity index (χ1v) is 11.6. The first-order valence-electron chi connectivity index (χ1n) is 11.2. The van der Waals surface area contributed by atoms with Gasteiger partial charge in [-0.3, -0.25) is 4.79 Å². The summed E-state index contributed by atoms with van der Waals surface area (Å²) in [5.41, 5.74) is 1.22. The molecule has 0 spiro atoms. The average Bonchev–Trinajstić information content (AvgIpc) is 3.20. The molecular formula is C23H27ClN4O4. The van der Waals surface area contributed by atoms with E-state index in [-0.39, 0.29) is 17.6 Å². The van der Waals surface area contributed by atoms with Gasteiger partial charge in [0.15, 0.2) is 0 Å². The summed E-state index contributed by atoms with van der Waals surface area (Å²) in [6.07, 6.45) is 3.76. The number of hydrogen-bond acceptors (Lipinski definition) is 5. The maximum Gasteiger partial charge on any atom is 0.317 e. The Morgan fingerprint density at radius 2 is 2.06 bits per heavy atom. The van der Waals surface area contributed by atoms with Crippen LogP contribution in [0.4, 0.5) is 4.79 Å². The van der Waals surface area contributed by atoms with Gasteiger partial charge in [0.1, 0.15) is 16.7 Å². The molecule has 32 heavy (non-hydrogen) atoms. The molecule has 2 fully saturated rings. The molecule has 2 aromatic heterocycles. The van der Waals surface area contributed by atoms with Crippen LogP contribution in [-0.4, -0.2) is 53.5 Å². The van der Waals surface area contributed by atoms with E-state index in [1.54, 1.807) is 11.8 Å². The number of halogens is 1. The van der Waals surface area contributed by atoms with Crippen LogP contribution in [0.5, 0.6) is 0 Å². The van der Waals surface area contributed by atoms with Crippen molar-refractivity contribution in [3.05, 3.63) is 39.3 Å². The van der Waals surface area contributed by atoms with Gasteiger partial charge in [-0.05, 0) is 44.2 Å². The summed E-state index contributed by atoms with van der Waals surface area (Å²) in [5, 5.41) is 9.02. The molecule has 0 bridgehead atoms. The van der Waals surface area contributed by atoms with E-state index in [1.807, 2.05) is 22.8 Å². The minimum Gasteiger partial charge on any atom is -0.378 e. The zero-order valence-electron chi connectivity index (χ0n) is 18.1. The van der Waals surface area contributed by atoms with Gasteiger partial charge >= 0.3 is 6.03 Å². The van der Waals surface area contributed by atoms with Crippen LogP contribution in [0.15, 0.2) is 27.5 Å². The van der Waals surface area contributed by atoms with Crippen LogP contribution in [0.3, 0.4) is 0 Å². The number of benzene rings is 1. The average molecular weight is 459 g/mol. The van der Waals surface area contributed by atoms with E-state index >= 15 is 0 Å². The molecule has 170 valence electrons. The number of hydrogen-bond donors (Lipinski definition) is 1. The summed E-state index contributed by atoms with van der Waals surface area (Å²) in [5.74, 6) is 0.810. The highest BCUT2D eigenvalue weighted by molar-refractivity contribution is 6.37. The first kappa shape index (κ1) is 21.3. The lowest BCUT2D eigenvalue weighted by Gasteiger charge is -2.32. The number of aromatic nitrogens is 2. The summed E-state index contributed by atoms with van der Waals surface area (Å²) in [7, 11) is 0. The molecule has 1 aromatic carbocycles. The second kappa shape index (κ2) is 8.75. The molecule has 9 heteroatoms. The second-order valence-corrected chi connectivity index (χ2v) is 9.15. The molecule has 1 aliphatic carbocycles. The molecule has 3 heterocycles. The monoisotopic (exact) mass is 458 g/mol. The van der Waals surface area contributed by atoms with E-state index in [1.165, 1.54) is 0 Å². The van der Waals surface area contributed by atoms with E-state index < -0.39 is 0 Å². The van der Waals surface area contributed by atoms with Crippen molar-refractivity contribution in [1.29, 1.82) is 0 Å². The van der Waals surface area contributed by atoms with Crippen LogP contribution in [0.25, 0.3) is 21.8 Å². The van der Waals surface area contributed by atoms with Crippen molar-refractivity contribution < 1.29 is 14.1 Å². The maximum atomic E-state index is 13.5. The Labute approximate surface area is 190 Å². The van der Waals surface area contributed by atoms with Crippen molar-refractivity contribution >= 4 is 39.4 Å². The Bertz CT molecular complexity index is 1210. The molecule has 1 N–H and O–H groups in total. The van der Waals surface area contributed by atoms with Gasteiger partial charge in [-0.15, -0.1) is 0 Å². The normalized spacial score (nSPS) is 21.9. The third kappa shape index (κ3) is 3.75. The molecular weight excluding hydrogens is 432 g/mol. The number of nitrogens with one attached hydrogen (secondary N) is 1. The summed E-state index contributed by atoms with van der Waals surface area (Å²) in [4.78, 5) is 27.8. The quantitative estimate of drug-likeness (QED) is 0.643. The summed E-state index contributed by atoms with van der Waals surface area (Å²) < 4.78 is 12.6. The third-order valence-corrected chi connectivity index (χ3v) is 7.06. The highest BCUT2D eigenvalue weighted by Gasteiger charge is 2.28.